The number of aromatic nitrogens is 4. The molecule has 0 unspecified atom stereocenters. The molecule has 0 aliphatic heterocycles. The second-order valence-electron chi connectivity index (χ2n) is 10.5. The van der Waals surface area contributed by atoms with Crippen LogP contribution < -0.4 is 0 Å². The zero-order chi connectivity index (χ0) is 28.6. The molecule has 4 heteroatoms. The minimum Gasteiger partial charge on any atom is -0.309 e. The van der Waals surface area contributed by atoms with Crippen molar-refractivity contribution in [2.24, 2.45) is 0 Å². The Hall–Kier alpha value is -5.87. The van der Waals surface area contributed by atoms with Crippen molar-refractivity contribution in [2.75, 3.05) is 0 Å². The van der Waals surface area contributed by atoms with E-state index in [0.29, 0.717) is 17.5 Å². The summed E-state index contributed by atoms with van der Waals surface area (Å²) in [6, 6.07) is 54.4. The van der Waals surface area contributed by atoms with Crippen molar-refractivity contribution in [3.63, 3.8) is 0 Å². The lowest BCUT2D eigenvalue weighted by Gasteiger charge is -2.14. The largest absolute Gasteiger partial charge is 0.309 e. The quantitative estimate of drug-likeness (QED) is 0.214. The van der Waals surface area contributed by atoms with Crippen LogP contribution in [0.3, 0.4) is 0 Å². The Morgan fingerprint density at radius 2 is 0.837 bits per heavy atom. The van der Waals surface area contributed by atoms with E-state index in [4.69, 9.17) is 15.0 Å². The molecule has 8 rings (SSSR count). The minimum atomic E-state index is 0.647. The van der Waals surface area contributed by atoms with Crippen molar-refractivity contribution in [3.05, 3.63) is 158 Å². The van der Waals surface area contributed by atoms with Crippen molar-refractivity contribution in [2.45, 2.75) is 0 Å². The van der Waals surface area contributed by atoms with Crippen molar-refractivity contribution in [3.8, 4) is 51.0 Å². The van der Waals surface area contributed by atoms with Gasteiger partial charge in [-0.2, -0.15) is 0 Å². The van der Waals surface area contributed by atoms with Gasteiger partial charge in [-0.15, -0.1) is 0 Å². The summed E-state index contributed by atoms with van der Waals surface area (Å²) in [5.74, 6) is 1.95. The normalized spacial score (nSPS) is 11.3. The van der Waals surface area contributed by atoms with Gasteiger partial charge in [-0.1, -0.05) is 133 Å². The van der Waals surface area contributed by atoms with Gasteiger partial charge >= 0.3 is 0 Å². The Balaban J connectivity index is 1.50. The Morgan fingerprint density at radius 3 is 1.44 bits per heavy atom. The highest BCUT2D eigenvalue weighted by Gasteiger charge is 2.22. The first-order valence-electron chi connectivity index (χ1n) is 14.4. The number of para-hydroxylation sites is 2. The van der Waals surface area contributed by atoms with Crippen LogP contribution in [0, 0.1) is 0 Å². The van der Waals surface area contributed by atoms with Crippen LogP contribution in [0.25, 0.3) is 72.8 Å². The van der Waals surface area contributed by atoms with Gasteiger partial charge in [0.15, 0.2) is 17.5 Å². The molecule has 0 aliphatic carbocycles. The van der Waals surface area contributed by atoms with Crippen molar-refractivity contribution in [1.29, 1.82) is 0 Å². The fourth-order valence-corrected chi connectivity index (χ4v) is 5.91. The van der Waals surface area contributed by atoms with E-state index >= 15 is 0 Å². The summed E-state index contributed by atoms with van der Waals surface area (Å²) in [5.41, 5.74) is 8.54. The van der Waals surface area contributed by atoms with Gasteiger partial charge in [0.25, 0.3) is 0 Å². The van der Waals surface area contributed by atoms with Crippen molar-refractivity contribution >= 4 is 21.8 Å². The fourth-order valence-electron chi connectivity index (χ4n) is 5.91. The zero-order valence-electron chi connectivity index (χ0n) is 23.3. The molecular formula is C39H26N4. The maximum Gasteiger partial charge on any atom is 0.164 e. The number of hydrogen-bond acceptors (Lipinski definition) is 3. The summed E-state index contributed by atoms with van der Waals surface area (Å²) < 4.78 is 2.37. The van der Waals surface area contributed by atoms with E-state index in [1.807, 2.05) is 60.7 Å². The summed E-state index contributed by atoms with van der Waals surface area (Å²) in [7, 11) is 0. The Morgan fingerprint density at radius 1 is 0.372 bits per heavy atom. The van der Waals surface area contributed by atoms with E-state index in [1.165, 1.54) is 0 Å². The summed E-state index contributed by atoms with van der Waals surface area (Å²) in [5, 5.41) is 2.27. The maximum absolute atomic E-state index is 5.11. The SMILES string of the molecule is c1ccc(-c2nc(-c3ccccc3)nc(-c3ccc(-c4ccccc4)c4c3c3ccccc3n4-c3ccccc3)n2)cc1. The highest BCUT2D eigenvalue weighted by molar-refractivity contribution is 6.19. The number of nitrogens with zero attached hydrogens (tertiary/aromatic N) is 4. The molecule has 2 aromatic heterocycles. The number of hydrogen-bond donors (Lipinski definition) is 0. The van der Waals surface area contributed by atoms with Gasteiger partial charge in [0.2, 0.25) is 0 Å². The average molecular weight is 551 g/mol. The lowest BCUT2D eigenvalue weighted by atomic mass is 9.97. The van der Waals surface area contributed by atoms with E-state index in [0.717, 1.165) is 55.3 Å². The lowest BCUT2D eigenvalue weighted by Crippen LogP contribution is -2.01. The molecule has 202 valence electrons. The molecule has 0 bridgehead atoms. The molecule has 0 atom stereocenters. The minimum absolute atomic E-state index is 0.647. The van der Waals surface area contributed by atoms with Crippen LogP contribution in [-0.2, 0) is 0 Å². The molecule has 0 spiro atoms. The Bertz CT molecular complexity index is 2150. The molecule has 0 saturated heterocycles. The molecule has 0 radical (unpaired) electrons. The van der Waals surface area contributed by atoms with Gasteiger partial charge in [0.05, 0.1) is 11.0 Å². The van der Waals surface area contributed by atoms with Crippen LogP contribution in [0.15, 0.2) is 158 Å². The van der Waals surface area contributed by atoms with Crippen LogP contribution in [0.1, 0.15) is 0 Å². The molecule has 0 amide bonds. The van der Waals surface area contributed by atoms with Gasteiger partial charge in [-0.25, -0.2) is 15.0 Å². The maximum atomic E-state index is 5.11. The smallest absolute Gasteiger partial charge is 0.164 e. The summed E-state index contributed by atoms with van der Waals surface area (Å²) in [4.78, 5) is 15.2. The molecule has 8 aromatic rings. The second kappa shape index (κ2) is 10.5. The second-order valence-corrected chi connectivity index (χ2v) is 10.5. The predicted molar refractivity (Wildman–Crippen MR) is 176 cm³/mol. The molecule has 43 heavy (non-hydrogen) atoms. The summed E-state index contributed by atoms with van der Waals surface area (Å²) in [6.07, 6.45) is 0. The molecule has 0 saturated carbocycles. The van der Waals surface area contributed by atoms with Crippen molar-refractivity contribution in [1.82, 2.24) is 19.5 Å². The first-order chi connectivity index (χ1) is 21.3. The number of rotatable bonds is 5. The molecule has 4 nitrogen and oxygen atoms in total. The third kappa shape index (κ3) is 4.37. The summed E-state index contributed by atoms with van der Waals surface area (Å²) >= 11 is 0. The van der Waals surface area contributed by atoms with Crippen LogP contribution in [0.2, 0.25) is 0 Å². The highest BCUT2D eigenvalue weighted by atomic mass is 15.0. The predicted octanol–water partition coefficient (Wildman–Crippen LogP) is 9.64. The average Bonchev–Trinajstić information content (AvgIpc) is 3.45. The fraction of sp³-hybridized carbons (Fsp3) is 0. The first kappa shape index (κ1) is 24.9. The zero-order valence-corrected chi connectivity index (χ0v) is 23.3. The van der Waals surface area contributed by atoms with E-state index in [2.05, 4.69) is 102 Å². The summed E-state index contributed by atoms with van der Waals surface area (Å²) in [6.45, 7) is 0. The molecule has 6 aromatic carbocycles. The number of benzene rings is 6. The lowest BCUT2D eigenvalue weighted by molar-refractivity contribution is 1.08. The standard InChI is InChI=1S/C39H26N4/c1-5-15-27(16-6-1)31-25-26-33(35-32-23-13-14-24-34(32)43(36(31)35)30-21-11-4-12-22-30)39-41-37(28-17-7-2-8-18-28)40-38(42-39)29-19-9-3-10-20-29/h1-26H. The molecule has 2 heterocycles. The van der Waals surface area contributed by atoms with Gasteiger partial charge in [-0.3, -0.25) is 0 Å². The third-order valence-electron chi connectivity index (χ3n) is 7.86. The molecular weight excluding hydrogens is 524 g/mol. The molecule has 0 N–H and O–H groups in total. The number of fused-ring (bicyclic) bond motifs is 3. The van der Waals surface area contributed by atoms with Gasteiger partial charge in [0.1, 0.15) is 0 Å². The molecule has 0 aliphatic rings. The van der Waals surface area contributed by atoms with Gasteiger partial charge in [0, 0.05) is 38.7 Å². The topological polar surface area (TPSA) is 43.6 Å². The first-order valence-corrected chi connectivity index (χ1v) is 14.4. The monoisotopic (exact) mass is 550 g/mol. The van der Waals surface area contributed by atoms with E-state index in [1.54, 1.807) is 0 Å². The van der Waals surface area contributed by atoms with E-state index in [9.17, 15) is 0 Å². The van der Waals surface area contributed by atoms with Crippen LogP contribution in [0.4, 0.5) is 0 Å². The highest BCUT2D eigenvalue weighted by Crippen LogP contribution is 2.43. The van der Waals surface area contributed by atoms with Crippen molar-refractivity contribution < 1.29 is 0 Å². The van der Waals surface area contributed by atoms with E-state index < -0.39 is 0 Å². The van der Waals surface area contributed by atoms with Crippen LogP contribution in [0.5, 0.6) is 0 Å². The Labute approximate surface area is 249 Å². The van der Waals surface area contributed by atoms with Gasteiger partial charge in [-0.05, 0) is 29.8 Å². The Kier molecular flexibility index (Phi) is 6.08. The molecule has 0 fully saturated rings. The van der Waals surface area contributed by atoms with Gasteiger partial charge < -0.3 is 4.57 Å². The van der Waals surface area contributed by atoms with Crippen LogP contribution in [-0.4, -0.2) is 19.5 Å². The van der Waals surface area contributed by atoms with E-state index in [-0.39, 0.29) is 0 Å². The van der Waals surface area contributed by atoms with Crippen LogP contribution >= 0.6 is 0 Å². The third-order valence-corrected chi connectivity index (χ3v) is 7.86.